The van der Waals surface area contributed by atoms with Crippen LogP contribution in [0.4, 0.5) is 4.39 Å². The Morgan fingerprint density at radius 2 is 2.30 bits per heavy atom. The molecule has 1 aromatic heterocycles. The lowest BCUT2D eigenvalue weighted by Crippen LogP contribution is -2.27. The molecule has 2 rings (SSSR count). The van der Waals surface area contributed by atoms with Gasteiger partial charge in [-0.15, -0.1) is 5.10 Å². The first-order valence-corrected chi connectivity index (χ1v) is 6.57. The summed E-state index contributed by atoms with van der Waals surface area (Å²) >= 11 is 0. The van der Waals surface area contributed by atoms with Gasteiger partial charge in [-0.2, -0.15) is 0 Å². The minimum absolute atomic E-state index is 0.108. The van der Waals surface area contributed by atoms with E-state index in [-0.39, 0.29) is 23.6 Å². The predicted molar refractivity (Wildman–Crippen MR) is 72.7 cm³/mol. The van der Waals surface area contributed by atoms with Crippen molar-refractivity contribution in [3.05, 3.63) is 47.3 Å². The van der Waals surface area contributed by atoms with Gasteiger partial charge in [0, 0.05) is 6.42 Å². The van der Waals surface area contributed by atoms with Gasteiger partial charge in [-0.3, -0.25) is 9.89 Å². The summed E-state index contributed by atoms with van der Waals surface area (Å²) in [6.45, 7) is 3.81. The van der Waals surface area contributed by atoms with Crippen LogP contribution in [0.25, 0.3) is 0 Å². The van der Waals surface area contributed by atoms with E-state index in [4.69, 9.17) is 0 Å². The minimum atomic E-state index is -0.375. The molecule has 106 valence electrons. The second-order valence-corrected chi connectivity index (χ2v) is 4.61. The van der Waals surface area contributed by atoms with E-state index in [9.17, 15) is 9.18 Å². The quantitative estimate of drug-likeness (QED) is 0.880. The van der Waals surface area contributed by atoms with Crippen molar-refractivity contribution in [2.75, 3.05) is 0 Å². The molecule has 2 N–H and O–H groups in total. The van der Waals surface area contributed by atoms with E-state index in [0.717, 1.165) is 12.8 Å². The number of carbonyl (C=O) groups is 1. The molecule has 5 nitrogen and oxygen atoms in total. The lowest BCUT2D eigenvalue weighted by molar-refractivity contribution is 0.0929. The number of hydrogen-bond acceptors (Lipinski definition) is 3. The van der Waals surface area contributed by atoms with Gasteiger partial charge in [-0.1, -0.05) is 19.1 Å². The Morgan fingerprint density at radius 3 is 3.00 bits per heavy atom. The summed E-state index contributed by atoms with van der Waals surface area (Å²) in [6, 6.07) is 5.82. The second-order valence-electron chi connectivity index (χ2n) is 4.61. The molecule has 0 aliphatic heterocycles. The highest BCUT2D eigenvalue weighted by atomic mass is 19.1. The fourth-order valence-corrected chi connectivity index (χ4v) is 1.87. The number of rotatable bonds is 5. The third-order valence-corrected chi connectivity index (χ3v) is 2.92. The SMILES string of the molecule is CCCc1nc(C(=O)NC(C)c2cccc(F)c2)n[nH]1. The number of H-pyrrole nitrogens is 1. The number of aryl methyl sites for hydroxylation is 1. The largest absolute Gasteiger partial charge is 0.343 e. The molecule has 1 amide bonds. The number of carbonyl (C=O) groups excluding carboxylic acids is 1. The summed E-state index contributed by atoms with van der Waals surface area (Å²) in [7, 11) is 0. The molecule has 0 aliphatic rings. The van der Waals surface area contributed by atoms with Crippen LogP contribution in [0.5, 0.6) is 0 Å². The monoisotopic (exact) mass is 276 g/mol. The predicted octanol–water partition coefficient (Wildman–Crippen LogP) is 2.39. The minimum Gasteiger partial charge on any atom is -0.343 e. The number of hydrogen-bond donors (Lipinski definition) is 2. The van der Waals surface area contributed by atoms with Gasteiger partial charge < -0.3 is 5.32 Å². The van der Waals surface area contributed by atoms with Gasteiger partial charge in [0.25, 0.3) is 5.91 Å². The van der Waals surface area contributed by atoms with Crippen LogP contribution < -0.4 is 5.32 Å². The van der Waals surface area contributed by atoms with Crippen LogP contribution in [0.3, 0.4) is 0 Å². The van der Waals surface area contributed by atoms with Crippen LogP contribution in [0.15, 0.2) is 24.3 Å². The maximum absolute atomic E-state index is 13.1. The van der Waals surface area contributed by atoms with Gasteiger partial charge in [0.1, 0.15) is 11.6 Å². The van der Waals surface area contributed by atoms with Gasteiger partial charge in [-0.05, 0) is 31.0 Å². The Balaban J connectivity index is 2.03. The molecule has 0 saturated carbocycles. The zero-order valence-corrected chi connectivity index (χ0v) is 11.5. The van der Waals surface area contributed by atoms with Crippen molar-refractivity contribution in [1.29, 1.82) is 0 Å². The number of aromatic amines is 1. The van der Waals surface area contributed by atoms with Crippen molar-refractivity contribution in [2.24, 2.45) is 0 Å². The average molecular weight is 276 g/mol. The van der Waals surface area contributed by atoms with E-state index >= 15 is 0 Å². The summed E-state index contributed by atoms with van der Waals surface area (Å²) in [5.74, 6) is 0.0971. The molecule has 0 bridgehead atoms. The Morgan fingerprint density at radius 1 is 1.50 bits per heavy atom. The fourth-order valence-electron chi connectivity index (χ4n) is 1.87. The van der Waals surface area contributed by atoms with E-state index < -0.39 is 0 Å². The molecule has 1 atom stereocenters. The third kappa shape index (κ3) is 3.40. The zero-order valence-electron chi connectivity index (χ0n) is 11.5. The van der Waals surface area contributed by atoms with Gasteiger partial charge in [0.15, 0.2) is 0 Å². The fraction of sp³-hybridized carbons (Fsp3) is 0.357. The lowest BCUT2D eigenvalue weighted by Gasteiger charge is -2.12. The smallest absolute Gasteiger partial charge is 0.291 e. The van der Waals surface area contributed by atoms with Crippen molar-refractivity contribution >= 4 is 5.91 Å². The zero-order chi connectivity index (χ0) is 14.5. The first-order valence-electron chi connectivity index (χ1n) is 6.57. The topological polar surface area (TPSA) is 70.7 Å². The molecule has 2 aromatic rings. The standard InChI is InChI=1S/C14H17FN4O/c1-3-5-12-17-13(19-18-12)14(20)16-9(2)10-6-4-7-11(15)8-10/h4,6-9H,3,5H2,1-2H3,(H,16,20)(H,17,18,19). The number of halogens is 1. The molecule has 0 fully saturated rings. The summed E-state index contributed by atoms with van der Waals surface area (Å²) in [4.78, 5) is 16.1. The van der Waals surface area contributed by atoms with E-state index in [0.29, 0.717) is 11.4 Å². The second kappa shape index (κ2) is 6.27. The molecule has 6 heteroatoms. The van der Waals surface area contributed by atoms with Crippen LogP contribution in [0.1, 0.15) is 48.3 Å². The van der Waals surface area contributed by atoms with Gasteiger partial charge in [0.2, 0.25) is 5.82 Å². The number of aromatic nitrogens is 3. The van der Waals surface area contributed by atoms with Crippen LogP contribution in [-0.4, -0.2) is 21.1 Å². The normalized spacial score (nSPS) is 12.2. The highest BCUT2D eigenvalue weighted by Gasteiger charge is 2.16. The maximum Gasteiger partial charge on any atom is 0.291 e. The first kappa shape index (κ1) is 14.2. The summed E-state index contributed by atoms with van der Waals surface area (Å²) in [5.41, 5.74) is 0.697. The van der Waals surface area contributed by atoms with Crippen molar-refractivity contribution < 1.29 is 9.18 Å². The molecule has 1 unspecified atom stereocenters. The molecule has 20 heavy (non-hydrogen) atoms. The lowest BCUT2D eigenvalue weighted by atomic mass is 10.1. The Kier molecular flexibility index (Phi) is 4.45. The van der Waals surface area contributed by atoms with Crippen LogP contribution in [0, 0.1) is 5.82 Å². The summed E-state index contributed by atoms with van der Waals surface area (Å²) < 4.78 is 13.1. The van der Waals surface area contributed by atoms with E-state index in [1.807, 2.05) is 6.92 Å². The van der Waals surface area contributed by atoms with E-state index in [1.165, 1.54) is 12.1 Å². The maximum atomic E-state index is 13.1. The van der Waals surface area contributed by atoms with Crippen molar-refractivity contribution in [3.63, 3.8) is 0 Å². The number of benzene rings is 1. The molecule has 0 aliphatic carbocycles. The van der Waals surface area contributed by atoms with Crippen LogP contribution in [0.2, 0.25) is 0 Å². The average Bonchev–Trinajstić information content (AvgIpc) is 2.88. The Bertz CT molecular complexity index is 596. The van der Waals surface area contributed by atoms with Crippen molar-refractivity contribution in [3.8, 4) is 0 Å². The van der Waals surface area contributed by atoms with Crippen LogP contribution in [-0.2, 0) is 6.42 Å². The van der Waals surface area contributed by atoms with Gasteiger partial charge in [-0.25, -0.2) is 9.37 Å². The van der Waals surface area contributed by atoms with Crippen LogP contribution >= 0.6 is 0 Å². The summed E-state index contributed by atoms with van der Waals surface area (Å²) in [6.07, 6.45) is 1.68. The molecule has 0 radical (unpaired) electrons. The van der Waals surface area contributed by atoms with E-state index in [1.54, 1.807) is 19.1 Å². The van der Waals surface area contributed by atoms with Gasteiger partial charge in [0.05, 0.1) is 6.04 Å². The number of nitrogens with one attached hydrogen (secondary N) is 2. The molecule has 1 aromatic carbocycles. The molecule has 0 saturated heterocycles. The molecular weight excluding hydrogens is 259 g/mol. The van der Waals surface area contributed by atoms with Gasteiger partial charge >= 0.3 is 0 Å². The number of nitrogens with zero attached hydrogens (tertiary/aromatic N) is 2. The Labute approximate surface area is 116 Å². The molecule has 0 spiro atoms. The van der Waals surface area contributed by atoms with Crippen molar-refractivity contribution in [1.82, 2.24) is 20.5 Å². The number of amides is 1. The first-order chi connectivity index (χ1) is 9.60. The summed E-state index contributed by atoms with van der Waals surface area (Å²) in [5, 5.41) is 9.35. The molecule has 1 heterocycles. The Hall–Kier alpha value is -2.24. The van der Waals surface area contributed by atoms with Crippen molar-refractivity contribution in [2.45, 2.75) is 32.7 Å². The third-order valence-electron chi connectivity index (χ3n) is 2.92. The van der Waals surface area contributed by atoms with E-state index in [2.05, 4.69) is 20.5 Å². The molecular formula is C14H17FN4O. The highest BCUT2D eigenvalue weighted by molar-refractivity contribution is 5.90. The highest BCUT2D eigenvalue weighted by Crippen LogP contribution is 2.13.